The van der Waals surface area contributed by atoms with Crippen LogP contribution in [0.2, 0.25) is 10.0 Å². The first-order chi connectivity index (χ1) is 14.1. The normalized spacial score (nSPS) is 10.9. The number of nitrogens with one attached hydrogen (secondary N) is 1. The van der Waals surface area contributed by atoms with Gasteiger partial charge in [0.15, 0.2) is 11.5 Å². The van der Waals surface area contributed by atoms with Crippen molar-refractivity contribution in [3.05, 3.63) is 76.0 Å². The zero-order chi connectivity index (χ0) is 20.6. The van der Waals surface area contributed by atoms with Gasteiger partial charge in [-0.1, -0.05) is 29.3 Å². The van der Waals surface area contributed by atoms with E-state index in [0.29, 0.717) is 28.1 Å². The van der Waals surface area contributed by atoms with Gasteiger partial charge in [-0.3, -0.25) is 0 Å². The van der Waals surface area contributed by atoms with Crippen molar-refractivity contribution >= 4 is 23.2 Å². The van der Waals surface area contributed by atoms with E-state index in [2.05, 4.69) is 10.3 Å². The second-order valence-corrected chi connectivity index (χ2v) is 7.23. The van der Waals surface area contributed by atoms with Gasteiger partial charge >= 0.3 is 0 Å². The fourth-order valence-electron chi connectivity index (χ4n) is 2.83. The molecule has 0 bridgehead atoms. The Morgan fingerprint density at radius 1 is 1.17 bits per heavy atom. The molecule has 3 rings (SSSR count). The molecule has 154 valence electrons. The van der Waals surface area contributed by atoms with Crippen LogP contribution in [0.15, 0.2) is 49.1 Å². The Hall–Kier alpha value is -2.28. The molecule has 1 heterocycles. The standard InChI is InChI=1S/C21H22Cl2FN3O2/c1-28-20-10-15(12-25-6-3-8-27-9-7-26-14-27)18(23)11-21(20)29-13-16-17(22)4-2-5-19(16)24/h2,4-5,7,9-11,14,25H,3,6,8,12-13H2,1H3. The Labute approximate surface area is 179 Å². The summed E-state index contributed by atoms with van der Waals surface area (Å²) in [6.07, 6.45) is 6.48. The van der Waals surface area contributed by atoms with Crippen LogP contribution in [-0.2, 0) is 19.7 Å². The molecule has 8 heteroatoms. The Morgan fingerprint density at radius 3 is 2.76 bits per heavy atom. The SMILES string of the molecule is COc1cc(CNCCCn2ccnc2)c(Cl)cc1OCc1c(F)cccc1Cl. The fourth-order valence-corrected chi connectivity index (χ4v) is 3.27. The summed E-state index contributed by atoms with van der Waals surface area (Å²) in [4.78, 5) is 4.02. The highest BCUT2D eigenvalue weighted by Crippen LogP contribution is 2.34. The molecule has 0 atom stereocenters. The molecular formula is C21H22Cl2FN3O2. The predicted molar refractivity (Wildman–Crippen MR) is 112 cm³/mol. The van der Waals surface area contributed by atoms with Gasteiger partial charge in [0, 0.05) is 42.1 Å². The number of halogens is 3. The molecule has 29 heavy (non-hydrogen) atoms. The third kappa shape index (κ3) is 5.85. The fraction of sp³-hybridized carbons (Fsp3) is 0.286. The molecule has 0 saturated heterocycles. The number of nitrogens with zero attached hydrogens (tertiary/aromatic N) is 2. The van der Waals surface area contributed by atoms with Crippen LogP contribution in [0.3, 0.4) is 0 Å². The number of ether oxygens (including phenoxy) is 2. The summed E-state index contributed by atoms with van der Waals surface area (Å²) in [6.45, 7) is 2.30. The molecule has 0 radical (unpaired) electrons. The van der Waals surface area contributed by atoms with Crippen LogP contribution in [-0.4, -0.2) is 23.2 Å². The first-order valence-electron chi connectivity index (χ1n) is 9.17. The average Bonchev–Trinajstić information content (AvgIpc) is 3.22. The first-order valence-corrected chi connectivity index (χ1v) is 9.92. The Kier molecular flexibility index (Phi) is 7.75. The molecular weight excluding hydrogens is 416 g/mol. The smallest absolute Gasteiger partial charge is 0.163 e. The number of hydrogen-bond acceptors (Lipinski definition) is 4. The predicted octanol–water partition coefficient (Wildman–Crippen LogP) is 5.10. The lowest BCUT2D eigenvalue weighted by atomic mass is 10.2. The van der Waals surface area contributed by atoms with E-state index in [1.807, 2.05) is 16.8 Å². The first kappa shape index (κ1) is 21.4. The highest BCUT2D eigenvalue weighted by atomic mass is 35.5. The van der Waals surface area contributed by atoms with Crippen molar-refractivity contribution in [1.82, 2.24) is 14.9 Å². The summed E-state index contributed by atoms with van der Waals surface area (Å²) in [7, 11) is 1.55. The molecule has 0 fully saturated rings. The number of benzene rings is 2. The third-order valence-electron chi connectivity index (χ3n) is 4.41. The summed E-state index contributed by atoms with van der Waals surface area (Å²) in [5.41, 5.74) is 1.18. The lowest BCUT2D eigenvalue weighted by Gasteiger charge is -2.15. The number of methoxy groups -OCH3 is 1. The Morgan fingerprint density at radius 2 is 2.03 bits per heavy atom. The second kappa shape index (κ2) is 10.5. The zero-order valence-corrected chi connectivity index (χ0v) is 17.5. The van der Waals surface area contributed by atoms with Gasteiger partial charge in [0.1, 0.15) is 12.4 Å². The van der Waals surface area contributed by atoms with Crippen LogP contribution in [0, 0.1) is 5.82 Å². The minimum Gasteiger partial charge on any atom is -0.493 e. The van der Waals surface area contributed by atoms with Crippen LogP contribution < -0.4 is 14.8 Å². The minimum absolute atomic E-state index is 0.0238. The van der Waals surface area contributed by atoms with Crippen molar-refractivity contribution in [2.45, 2.75) is 26.1 Å². The lowest BCUT2D eigenvalue weighted by Crippen LogP contribution is -2.16. The summed E-state index contributed by atoms with van der Waals surface area (Å²) in [5.74, 6) is 0.539. The lowest BCUT2D eigenvalue weighted by molar-refractivity contribution is 0.279. The van der Waals surface area contributed by atoms with Gasteiger partial charge in [-0.2, -0.15) is 0 Å². The maximum Gasteiger partial charge on any atom is 0.163 e. The van der Waals surface area contributed by atoms with E-state index >= 15 is 0 Å². The topological polar surface area (TPSA) is 48.3 Å². The number of aromatic nitrogens is 2. The van der Waals surface area contributed by atoms with E-state index in [1.165, 1.54) is 6.07 Å². The van der Waals surface area contributed by atoms with Crippen LogP contribution >= 0.6 is 23.2 Å². The summed E-state index contributed by atoms with van der Waals surface area (Å²) in [5, 5.41) is 4.22. The molecule has 1 aromatic heterocycles. The maximum absolute atomic E-state index is 13.9. The van der Waals surface area contributed by atoms with Gasteiger partial charge in [0.25, 0.3) is 0 Å². The Bertz CT molecular complexity index is 916. The van der Waals surface area contributed by atoms with Gasteiger partial charge in [-0.15, -0.1) is 0 Å². The van der Waals surface area contributed by atoms with Crippen molar-refractivity contribution in [2.75, 3.05) is 13.7 Å². The Balaban J connectivity index is 1.58. The van der Waals surface area contributed by atoms with Gasteiger partial charge < -0.3 is 19.4 Å². The molecule has 1 N–H and O–H groups in total. The highest BCUT2D eigenvalue weighted by Gasteiger charge is 2.13. The van der Waals surface area contributed by atoms with Crippen molar-refractivity contribution < 1.29 is 13.9 Å². The van der Waals surface area contributed by atoms with Gasteiger partial charge in [-0.25, -0.2) is 9.37 Å². The third-order valence-corrected chi connectivity index (χ3v) is 5.12. The average molecular weight is 438 g/mol. The summed E-state index contributed by atoms with van der Waals surface area (Å²) in [6, 6.07) is 8.02. The number of aryl methyl sites for hydroxylation is 1. The number of imidazole rings is 1. The molecule has 0 aliphatic heterocycles. The molecule has 0 unspecified atom stereocenters. The monoisotopic (exact) mass is 437 g/mol. The largest absolute Gasteiger partial charge is 0.493 e. The van der Waals surface area contributed by atoms with Gasteiger partial charge in [0.05, 0.1) is 18.5 Å². The molecule has 0 aliphatic carbocycles. The molecule has 0 spiro atoms. The van der Waals surface area contributed by atoms with Crippen molar-refractivity contribution in [2.24, 2.45) is 0 Å². The van der Waals surface area contributed by atoms with E-state index in [-0.39, 0.29) is 12.2 Å². The molecule has 0 aliphatic rings. The van der Waals surface area contributed by atoms with E-state index in [4.69, 9.17) is 32.7 Å². The summed E-state index contributed by atoms with van der Waals surface area (Å²) < 4.78 is 27.1. The number of hydrogen-bond donors (Lipinski definition) is 1. The van der Waals surface area contributed by atoms with E-state index in [1.54, 1.807) is 37.8 Å². The molecule has 5 nitrogen and oxygen atoms in total. The van der Waals surface area contributed by atoms with Crippen molar-refractivity contribution in [3.8, 4) is 11.5 Å². The van der Waals surface area contributed by atoms with Crippen molar-refractivity contribution in [1.29, 1.82) is 0 Å². The van der Waals surface area contributed by atoms with Gasteiger partial charge in [0.2, 0.25) is 0 Å². The van der Waals surface area contributed by atoms with Crippen LogP contribution in [0.1, 0.15) is 17.5 Å². The molecule has 3 aromatic rings. The van der Waals surface area contributed by atoms with E-state index < -0.39 is 5.82 Å². The van der Waals surface area contributed by atoms with Crippen LogP contribution in [0.4, 0.5) is 4.39 Å². The minimum atomic E-state index is -0.418. The van der Waals surface area contributed by atoms with E-state index in [0.717, 1.165) is 25.1 Å². The van der Waals surface area contributed by atoms with Crippen LogP contribution in [0.25, 0.3) is 0 Å². The second-order valence-electron chi connectivity index (χ2n) is 6.41. The van der Waals surface area contributed by atoms with E-state index in [9.17, 15) is 4.39 Å². The van der Waals surface area contributed by atoms with Crippen molar-refractivity contribution in [3.63, 3.8) is 0 Å². The zero-order valence-electron chi connectivity index (χ0n) is 16.0. The molecule has 0 amide bonds. The van der Waals surface area contributed by atoms with Gasteiger partial charge in [-0.05, 0) is 36.7 Å². The highest BCUT2D eigenvalue weighted by molar-refractivity contribution is 6.31. The molecule has 2 aromatic carbocycles. The molecule has 0 saturated carbocycles. The maximum atomic E-state index is 13.9. The summed E-state index contributed by atoms with van der Waals surface area (Å²) >= 11 is 12.5. The number of rotatable bonds is 10. The van der Waals surface area contributed by atoms with Crippen LogP contribution in [0.5, 0.6) is 11.5 Å². The quantitative estimate of drug-likeness (QED) is 0.448.